The molecule has 194 valence electrons. The summed E-state index contributed by atoms with van der Waals surface area (Å²) in [5.41, 5.74) is 6.66. The van der Waals surface area contributed by atoms with E-state index in [1.165, 1.54) is 12.8 Å². The third-order valence-electron chi connectivity index (χ3n) is 12.1. The van der Waals surface area contributed by atoms with Crippen molar-refractivity contribution in [2.24, 2.45) is 50.6 Å². The van der Waals surface area contributed by atoms with Gasteiger partial charge in [-0.1, -0.05) is 54.5 Å². The average Bonchev–Trinajstić information content (AvgIpc) is 2.74. The van der Waals surface area contributed by atoms with Crippen molar-refractivity contribution in [2.75, 3.05) is 0 Å². The number of hydrogen-bond donors (Lipinski definition) is 1. The van der Waals surface area contributed by atoms with Crippen molar-refractivity contribution in [3.8, 4) is 6.07 Å². The molecule has 1 unspecified atom stereocenters. The SMILES string of the molecule is CC(=O)C[C@@H]1[C@@]2(C)C=C(C#N)C(=O)C(C)(C)[C@@H]2CC[C@@]1(C)[C@]1(C)CC[C@@]2(N)CCC(C)(C)CC2C1. The second-order valence-electron chi connectivity index (χ2n) is 15.1. The number of nitriles is 1. The van der Waals surface area contributed by atoms with Crippen molar-refractivity contribution in [3.63, 3.8) is 0 Å². The Balaban J connectivity index is 1.80. The van der Waals surface area contributed by atoms with Gasteiger partial charge in [0.25, 0.3) is 0 Å². The van der Waals surface area contributed by atoms with Crippen LogP contribution in [0.2, 0.25) is 0 Å². The smallest absolute Gasteiger partial charge is 0.178 e. The number of nitrogens with two attached hydrogens (primary N) is 1. The standard InChI is InChI=1S/C31H48N2O2/c1-20(34)15-24-29(7)16-21(19-32)25(35)27(4,5)23(29)9-10-30(24,8)28(6)12-14-31(33)13-11-26(2,3)17-22(31)18-28/h16,22-24H,9-15,17-18,33H2,1-8H3/t22?,23-,24+,28+,29-,30+,31-/m0/s1. The first kappa shape index (κ1) is 26.6. The first-order valence-corrected chi connectivity index (χ1v) is 13.9. The van der Waals surface area contributed by atoms with Crippen LogP contribution >= 0.6 is 0 Å². The van der Waals surface area contributed by atoms with Gasteiger partial charge < -0.3 is 10.5 Å². The van der Waals surface area contributed by atoms with Crippen LogP contribution in [0.3, 0.4) is 0 Å². The van der Waals surface area contributed by atoms with E-state index < -0.39 is 5.41 Å². The van der Waals surface area contributed by atoms with Gasteiger partial charge in [-0.05, 0) is 97.7 Å². The normalized spacial score (nSPS) is 46.6. The van der Waals surface area contributed by atoms with Crippen LogP contribution in [-0.2, 0) is 9.59 Å². The Morgan fingerprint density at radius 1 is 1.03 bits per heavy atom. The summed E-state index contributed by atoms with van der Waals surface area (Å²) in [4.78, 5) is 26.0. The molecule has 7 atom stereocenters. The third-order valence-corrected chi connectivity index (χ3v) is 12.1. The zero-order valence-electron chi connectivity index (χ0n) is 23.5. The van der Waals surface area contributed by atoms with Gasteiger partial charge in [0.2, 0.25) is 0 Å². The number of nitrogens with zero attached hydrogens (tertiary/aromatic N) is 1. The Kier molecular flexibility index (Phi) is 6.09. The van der Waals surface area contributed by atoms with Crippen molar-refractivity contribution in [3.05, 3.63) is 11.6 Å². The Morgan fingerprint density at radius 3 is 2.26 bits per heavy atom. The van der Waals surface area contributed by atoms with Crippen LogP contribution in [0.5, 0.6) is 0 Å². The summed E-state index contributed by atoms with van der Waals surface area (Å²) in [6.45, 7) is 17.7. The molecule has 0 aromatic carbocycles. The van der Waals surface area contributed by atoms with Crippen LogP contribution < -0.4 is 5.73 Å². The highest BCUT2D eigenvalue weighted by atomic mass is 16.1. The van der Waals surface area contributed by atoms with E-state index in [4.69, 9.17) is 5.73 Å². The zero-order valence-corrected chi connectivity index (χ0v) is 23.5. The Hall–Kier alpha value is -1.47. The van der Waals surface area contributed by atoms with Crippen LogP contribution in [0.1, 0.15) is 113 Å². The summed E-state index contributed by atoms with van der Waals surface area (Å²) >= 11 is 0. The number of hydrogen-bond acceptors (Lipinski definition) is 4. The highest BCUT2D eigenvalue weighted by Gasteiger charge is 2.65. The topological polar surface area (TPSA) is 84.0 Å². The van der Waals surface area contributed by atoms with Crippen LogP contribution in [0.15, 0.2) is 11.6 Å². The molecule has 0 aromatic heterocycles. The molecule has 0 aromatic rings. The average molecular weight is 481 g/mol. The lowest BCUT2D eigenvalue weighted by atomic mass is 9.37. The van der Waals surface area contributed by atoms with Crippen molar-refractivity contribution in [2.45, 2.75) is 119 Å². The van der Waals surface area contributed by atoms with E-state index in [2.05, 4.69) is 40.7 Å². The molecule has 0 saturated heterocycles. The fourth-order valence-electron chi connectivity index (χ4n) is 9.64. The predicted octanol–water partition coefficient (Wildman–Crippen LogP) is 6.78. The molecule has 0 amide bonds. The number of carbonyl (C=O) groups is 2. The summed E-state index contributed by atoms with van der Waals surface area (Å²) in [7, 11) is 0. The molecule has 0 aliphatic heterocycles. The Labute approximate surface area is 213 Å². The molecule has 4 rings (SSSR count). The quantitative estimate of drug-likeness (QED) is 0.482. The number of fused-ring (bicyclic) bond motifs is 2. The number of ketones is 2. The second-order valence-corrected chi connectivity index (χ2v) is 15.1. The molecule has 4 aliphatic carbocycles. The van der Waals surface area contributed by atoms with Gasteiger partial charge in [0.05, 0.1) is 5.57 Å². The van der Waals surface area contributed by atoms with Crippen LogP contribution in [0, 0.1) is 56.2 Å². The molecule has 3 fully saturated rings. The lowest BCUT2D eigenvalue weighted by molar-refractivity contribution is -0.170. The Morgan fingerprint density at radius 2 is 1.66 bits per heavy atom. The summed E-state index contributed by atoms with van der Waals surface area (Å²) in [5.74, 6) is 0.894. The van der Waals surface area contributed by atoms with E-state index in [0.717, 1.165) is 38.5 Å². The monoisotopic (exact) mass is 480 g/mol. The molecular formula is C31H48N2O2. The van der Waals surface area contributed by atoms with Gasteiger partial charge in [0.15, 0.2) is 5.78 Å². The van der Waals surface area contributed by atoms with E-state index >= 15 is 0 Å². The molecule has 4 heteroatoms. The minimum atomic E-state index is -0.599. The minimum absolute atomic E-state index is 0.0334. The molecule has 3 saturated carbocycles. The first-order chi connectivity index (χ1) is 15.9. The highest BCUT2D eigenvalue weighted by molar-refractivity contribution is 6.04. The van der Waals surface area contributed by atoms with Crippen molar-refractivity contribution in [1.82, 2.24) is 0 Å². The highest BCUT2D eigenvalue weighted by Crippen LogP contribution is 2.70. The number of rotatable bonds is 3. The predicted molar refractivity (Wildman–Crippen MR) is 140 cm³/mol. The summed E-state index contributed by atoms with van der Waals surface area (Å²) in [6.07, 6.45) is 11.2. The molecule has 0 radical (unpaired) electrons. The molecule has 35 heavy (non-hydrogen) atoms. The maximum Gasteiger partial charge on any atom is 0.178 e. The van der Waals surface area contributed by atoms with Gasteiger partial charge in [-0.3, -0.25) is 4.79 Å². The van der Waals surface area contributed by atoms with Crippen molar-refractivity contribution >= 4 is 11.6 Å². The molecule has 2 N–H and O–H groups in total. The van der Waals surface area contributed by atoms with Crippen molar-refractivity contribution in [1.29, 1.82) is 5.26 Å². The minimum Gasteiger partial charge on any atom is -0.325 e. The van der Waals surface area contributed by atoms with Gasteiger partial charge in [-0.2, -0.15) is 5.26 Å². The first-order valence-electron chi connectivity index (χ1n) is 13.9. The molecule has 4 nitrogen and oxygen atoms in total. The summed E-state index contributed by atoms with van der Waals surface area (Å²) in [5, 5.41) is 9.88. The Bertz CT molecular complexity index is 1000. The van der Waals surface area contributed by atoms with E-state index in [-0.39, 0.29) is 50.8 Å². The van der Waals surface area contributed by atoms with E-state index in [9.17, 15) is 14.9 Å². The van der Waals surface area contributed by atoms with Crippen LogP contribution in [0.25, 0.3) is 0 Å². The van der Waals surface area contributed by atoms with Gasteiger partial charge >= 0.3 is 0 Å². The molecule has 0 heterocycles. The van der Waals surface area contributed by atoms with Crippen LogP contribution in [-0.4, -0.2) is 17.1 Å². The van der Waals surface area contributed by atoms with E-state index in [1.807, 2.05) is 19.9 Å². The van der Waals surface area contributed by atoms with E-state index in [0.29, 0.717) is 17.8 Å². The maximum atomic E-state index is 13.2. The number of allylic oxidation sites excluding steroid dienone is 2. The fraction of sp³-hybridized carbons (Fsp3) is 0.839. The van der Waals surface area contributed by atoms with Crippen molar-refractivity contribution < 1.29 is 9.59 Å². The maximum absolute atomic E-state index is 13.2. The van der Waals surface area contributed by atoms with E-state index in [1.54, 1.807) is 6.92 Å². The van der Waals surface area contributed by atoms with Gasteiger partial charge in [0.1, 0.15) is 11.9 Å². The lowest BCUT2D eigenvalue weighted by Crippen LogP contribution is -2.64. The summed E-state index contributed by atoms with van der Waals surface area (Å²) in [6, 6.07) is 2.22. The second kappa shape index (κ2) is 8.01. The third kappa shape index (κ3) is 3.87. The van der Waals surface area contributed by atoms with Gasteiger partial charge in [-0.25, -0.2) is 0 Å². The molecule has 0 spiro atoms. The molecule has 0 bridgehead atoms. The van der Waals surface area contributed by atoms with Gasteiger partial charge in [-0.15, -0.1) is 0 Å². The largest absolute Gasteiger partial charge is 0.325 e. The van der Waals surface area contributed by atoms with Gasteiger partial charge in [0, 0.05) is 17.4 Å². The molecule has 4 aliphatic rings. The molecular weight excluding hydrogens is 432 g/mol. The summed E-state index contributed by atoms with van der Waals surface area (Å²) < 4.78 is 0. The number of carbonyl (C=O) groups excluding carboxylic acids is 2. The zero-order chi connectivity index (χ0) is 26.2. The number of Topliss-reactive ketones (excluding diaryl/α,β-unsaturated/α-hetero) is 2. The fourth-order valence-corrected chi connectivity index (χ4v) is 9.64. The lowest BCUT2D eigenvalue weighted by Gasteiger charge is -2.67. The van der Waals surface area contributed by atoms with Crippen LogP contribution in [0.4, 0.5) is 0 Å².